The Morgan fingerprint density at radius 3 is 2.50 bits per heavy atom. The van der Waals surface area contributed by atoms with E-state index in [0.29, 0.717) is 25.3 Å². The van der Waals surface area contributed by atoms with Crippen LogP contribution in [-0.4, -0.2) is 34.5 Å². The molecule has 2 unspecified atom stereocenters. The summed E-state index contributed by atoms with van der Waals surface area (Å²) in [7, 11) is 0. The molecular weight excluding hydrogens is 254 g/mol. The Balaban J connectivity index is 2.01. The zero-order chi connectivity index (χ0) is 14.8. The van der Waals surface area contributed by atoms with Crippen molar-refractivity contribution in [2.24, 2.45) is 11.3 Å². The first-order valence-electron chi connectivity index (χ1n) is 7.94. The Hall–Kier alpha value is -1.06. The third-order valence-corrected chi connectivity index (χ3v) is 5.26. The number of hydrogen-bond acceptors (Lipinski definition) is 2. The quantitative estimate of drug-likeness (QED) is 0.865. The van der Waals surface area contributed by atoms with E-state index < -0.39 is 12.0 Å². The van der Waals surface area contributed by atoms with E-state index in [1.165, 1.54) is 19.3 Å². The van der Waals surface area contributed by atoms with Crippen LogP contribution in [0.25, 0.3) is 0 Å². The Bertz CT molecular complexity index is 378. The largest absolute Gasteiger partial charge is 0.480 e. The van der Waals surface area contributed by atoms with Gasteiger partial charge in [0.25, 0.3) is 0 Å². The predicted molar refractivity (Wildman–Crippen MR) is 77.3 cm³/mol. The maximum Gasteiger partial charge on any atom is 0.326 e. The van der Waals surface area contributed by atoms with Crippen molar-refractivity contribution in [2.75, 3.05) is 6.54 Å². The molecule has 0 radical (unpaired) electrons. The van der Waals surface area contributed by atoms with Gasteiger partial charge in [-0.05, 0) is 43.4 Å². The fourth-order valence-electron chi connectivity index (χ4n) is 3.76. The van der Waals surface area contributed by atoms with Crippen LogP contribution in [0.2, 0.25) is 0 Å². The smallest absolute Gasteiger partial charge is 0.326 e. The highest BCUT2D eigenvalue weighted by Crippen LogP contribution is 2.42. The third kappa shape index (κ3) is 3.33. The Morgan fingerprint density at radius 1 is 1.15 bits per heavy atom. The molecule has 4 heteroatoms. The van der Waals surface area contributed by atoms with Crippen molar-refractivity contribution in [3.8, 4) is 0 Å². The van der Waals surface area contributed by atoms with Crippen molar-refractivity contribution in [3.05, 3.63) is 0 Å². The van der Waals surface area contributed by atoms with E-state index in [-0.39, 0.29) is 11.3 Å². The summed E-state index contributed by atoms with van der Waals surface area (Å²) in [5.74, 6) is -0.391. The molecule has 0 aromatic rings. The minimum atomic E-state index is -0.846. The summed E-state index contributed by atoms with van der Waals surface area (Å²) in [6.45, 7) is 5.10. The van der Waals surface area contributed by atoms with Crippen LogP contribution in [0.1, 0.15) is 65.2 Å². The zero-order valence-corrected chi connectivity index (χ0v) is 12.7. The van der Waals surface area contributed by atoms with Crippen LogP contribution in [0.5, 0.6) is 0 Å². The number of likely N-dealkylation sites (tertiary alicyclic amines) is 1. The second kappa shape index (κ2) is 6.15. The summed E-state index contributed by atoms with van der Waals surface area (Å²) in [5, 5.41) is 9.27. The molecule has 2 aliphatic rings. The molecule has 1 amide bonds. The van der Waals surface area contributed by atoms with E-state index in [1.54, 1.807) is 4.90 Å². The summed E-state index contributed by atoms with van der Waals surface area (Å²) in [4.78, 5) is 25.4. The SMILES string of the molecule is CC1(C)CCCCC1CC(=O)N1CCCCC1C(=O)O. The van der Waals surface area contributed by atoms with Crippen molar-refractivity contribution in [1.29, 1.82) is 0 Å². The van der Waals surface area contributed by atoms with E-state index in [4.69, 9.17) is 0 Å². The minimum Gasteiger partial charge on any atom is -0.480 e. The number of carbonyl (C=O) groups is 2. The van der Waals surface area contributed by atoms with Gasteiger partial charge in [-0.3, -0.25) is 4.79 Å². The van der Waals surface area contributed by atoms with Gasteiger partial charge in [-0.25, -0.2) is 4.79 Å². The number of carboxylic acid groups (broad SMARTS) is 1. The van der Waals surface area contributed by atoms with Crippen LogP contribution in [0.15, 0.2) is 0 Å². The summed E-state index contributed by atoms with van der Waals surface area (Å²) in [6, 6.07) is -0.594. The molecule has 1 heterocycles. The van der Waals surface area contributed by atoms with Gasteiger partial charge in [0.1, 0.15) is 6.04 Å². The lowest BCUT2D eigenvalue weighted by atomic mass is 9.67. The van der Waals surface area contributed by atoms with E-state index in [0.717, 1.165) is 19.3 Å². The highest BCUT2D eigenvalue weighted by atomic mass is 16.4. The Labute approximate surface area is 121 Å². The lowest BCUT2D eigenvalue weighted by Crippen LogP contribution is -2.49. The van der Waals surface area contributed by atoms with Gasteiger partial charge in [-0.1, -0.05) is 26.7 Å². The van der Waals surface area contributed by atoms with Gasteiger partial charge >= 0.3 is 5.97 Å². The Kier molecular flexibility index (Phi) is 4.71. The lowest BCUT2D eigenvalue weighted by molar-refractivity contribution is -0.153. The number of carbonyl (C=O) groups excluding carboxylic acids is 1. The second-order valence-corrected chi connectivity index (χ2v) is 7.07. The van der Waals surface area contributed by atoms with Crippen LogP contribution >= 0.6 is 0 Å². The van der Waals surface area contributed by atoms with Crippen LogP contribution < -0.4 is 0 Å². The van der Waals surface area contributed by atoms with Gasteiger partial charge in [0.2, 0.25) is 5.91 Å². The third-order valence-electron chi connectivity index (χ3n) is 5.26. The normalized spacial score (nSPS) is 30.0. The molecule has 4 nitrogen and oxygen atoms in total. The van der Waals surface area contributed by atoms with Crippen LogP contribution in [0, 0.1) is 11.3 Å². The fraction of sp³-hybridized carbons (Fsp3) is 0.875. The van der Waals surface area contributed by atoms with Gasteiger partial charge in [-0.15, -0.1) is 0 Å². The van der Waals surface area contributed by atoms with E-state index in [2.05, 4.69) is 13.8 Å². The van der Waals surface area contributed by atoms with Crippen molar-refractivity contribution in [2.45, 2.75) is 71.3 Å². The molecular formula is C16H27NO3. The van der Waals surface area contributed by atoms with Crippen molar-refractivity contribution >= 4 is 11.9 Å². The maximum absolute atomic E-state index is 12.5. The molecule has 0 spiro atoms. The van der Waals surface area contributed by atoms with Crippen molar-refractivity contribution in [1.82, 2.24) is 4.90 Å². The van der Waals surface area contributed by atoms with Gasteiger partial charge in [0.15, 0.2) is 0 Å². The summed E-state index contributed by atoms with van der Waals surface area (Å²) < 4.78 is 0. The molecule has 1 saturated heterocycles. The molecule has 0 aromatic carbocycles. The molecule has 114 valence electrons. The van der Waals surface area contributed by atoms with Crippen LogP contribution in [-0.2, 0) is 9.59 Å². The fourth-order valence-corrected chi connectivity index (χ4v) is 3.76. The summed E-state index contributed by atoms with van der Waals surface area (Å²) >= 11 is 0. The predicted octanol–water partition coefficient (Wildman–Crippen LogP) is 3.06. The number of nitrogens with zero attached hydrogens (tertiary/aromatic N) is 1. The first kappa shape index (κ1) is 15.3. The molecule has 2 rings (SSSR count). The molecule has 1 N–H and O–H groups in total. The standard InChI is InChI=1S/C16H27NO3/c1-16(2)9-5-3-7-12(16)11-14(18)17-10-6-4-8-13(17)15(19)20/h12-13H,3-11H2,1-2H3,(H,19,20). The molecule has 2 fully saturated rings. The van der Waals surface area contributed by atoms with E-state index in [9.17, 15) is 14.7 Å². The van der Waals surface area contributed by atoms with Crippen LogP contribution in [0.3, 0.4) is 0 Å². The average molecular weight is 281 g/mol. The van der Waals surface area contributed by atoms with E-state index >= 15 is 0 Å². The van der Waals surface area contributed by atoms with Crippen molar-refractivity contribution < 1.29 is 14.7 Å². The van der Waals surface area contributed by atoms with Gasteiger partial charge in [-0.2, -0.15) is 0 Å². The number of amides is 1. The van der Waals surface area contributed by atoms with Gasteiger partial charge < -0.3 is 10.0 Å². The van der Waals surface area contributed by atoms with Crippen LogP contribution in [0.4, 0.5) is 0 Å². The van der Waals surface area contributed by atoms with Gasteiger partial charge in [0.05, 0.1) is 0 Å². The molecule has 1 aliphatic carbocycles. The van der Waals surface area contributed by atoms with E-state index in [1.807, 2.05) is 0 Å². The minimum absolute atomic E-state index is 0.0528. The number of aliphatic carboxylic acids is 1. The maximum atomic E-state index is 12.5. The molecule has 20 heavy (non-hydrogen) atoms. The Morgan fingerprint density at radius 2 is 1.85 bits per heavy atom. The molecule has 0 bridgehead atoms. The highest BCUT2D eigenvalue weighted by molar-refractivity contribution is 5.84. The average Bonchev–Trinajstić information content (AvgIpc) is 2.41. The molecule has 1 saturated carbocycles. The second-order valence-electron chi connectivity index (χ2n) is 7.07. The summed E-state index contributed by atoms with van der Waals surface area (Å²) in [6.07, 6.45) is 7.70. The number of hydrogen-bond donors (Lipinski definition) is 1. The van der Waals surface area contributed by atoms with Crippen molar-refractivity contribution in [3.63, 3.8) is 0 Å². The first-order valence-corrected chi connectivity index (χ1v) is 7.94. The number of rotatable bonds is 3. The van der Waals surface area contributed by atoms with Gasteiger partial charge in [0, 0.05) is 13.0 Å². The molecule has 0 aromatic heterocycles. The first-order chi connectivity index (χ1) is 9.42. The summed E-state index contributed by atoms with van der Waals surface area (Å²) in [5.41, 5.74) is 0.211. The number of piperidine rings is 1. The number of carboxylic acids is 1. The monoisotopic (exact) mass is 281 g/mol. The topological polar surface area (TPSA) is 57.6 Å². The highest BCUT2D eigenvalue weighted by Gasteiger charge is 2.37. The molecule has 1 aliphatic heterocycles. The lowest BCUT2D eigenvalue weighted by Gasteiger charge is -2.40. The molecule has 2 atom stereocenters. The zero-order valence-electron chi connectivity index (χ0n) is 12.7.